The van der Waals surface area contributed by atoms with Crippen LogP contribution in [0.15, 0.2) is 0 Å². The lowest BCUT2D eigenvalue weighted by Gasteiger charge is -2.20. The molecule has 1 aromatic heterocycles. The molecule has 0 aliphatic heterocycles. The molecule has 1 N–H and O–H groups in total. The maximum Gasteiger partial charge on any atom is 0.341 e. The Labute approximate surface area is 168 Å². The van der Waals surface area contributed by atoms with Gasteiger partial charge in [0.05, 0.1) is 12.7 Å². The van der Waals surface area contributed by atoms with E-state index in [1.54, 1.807) is 11.3 Å². The second kappa shape index (κ2) is 11.5. The van der Waals surface area contributed by atoms with Gasteiger partial charge in [0.1, 0.15) is 5.00 Å². The minimum absolute atomic E-state index is 0.0133. The molecule has 0 radical (unpaired) electrons. The van der Waals surface area contributed by atoms with E-state index in [9.17, 15) is 9.59 Å². The number of hydrogen-bond acceptors (Lipinski definition) is 4. The second-order valence-corrected chi connectivity index (χ2v) is 8.74. The van der Waals surface area contributed by atoms with Crippen molar-refractivity contribution < 1.29 is 14.3 Å². The SMILES string of the molecule is CCCCCCCCCC(=O)Nc1sc2c(c1C(=O)OC)CCC(CC)C2. The molecule has 1 amide bonds. The maximum atomic E-state index is 12.4. The second-order valence-electron chi connectivity index (χ2n) is 7.64. The summed E-state index contributed by atoms with van der Waals surface area (Å²) in [5, 5.41) is 3.70. The first-order chi connectivity index (χ1) is 13.1. The van der Waals surface area contributed by atoms with E-state index in [1.165, 1.54) is 44.1 Å². The van der Waals surface area contributed by atoms with Crippen molar-refractivity contribution in [1.82, 2.24) is 0 Å². The number of rotatable bonds is 11. The van der Waals surface area contributed by atoms with Gasteiger partial charge in [-0.1, -0.05) is 58.8 Å². The van der Waals surface area contributed by atoms with Crippen molar-refractivity contribution in [1.29, 1.82) is 0 Å². The zero-order valence-corrected chi connectivity index (χ0v) is 18.0. The van der Waals surface area contributed by atoms with E-state index in [0.29, 0.717) is 22.9 Å². The zero-order chi connectivity index (χ0) is 19.6. The summed E-state index contributed by atoms with van der Waals surface area (Å²) in [4.78, 5) is 26.0. The standard InChI is InChI=1S/C22H35NO3S/c1-4-6-7-8-9-10-11-12-19(24)23-21-20(22(25)26-3)17-14-13-16(5-2)15-18(17)27-21/h16H,4-15H2,1-3H3,(H,23,24). The molecular weight excluding hydrogens is 358 g/mol. The first kappa shape index (κ1) is 21.9. The van der Waals surface area contributed by atoms with Crippen LogP contribution in [0.5, 0.6) is 0 Å². The third-order valence-corrected chi connectivity index (χ3v) is 6.76. The number of amides is 1. The lowest BCUT2D eigenvalue weighted by Crippen LogP contribution is -2.16. The summed E-state index contributed by atoms with van der Waals surface area (Å²) in [6.45, 7) is 4.44. The van der Waals surface area contributed by atoms with Gasteiger partial charge in [-0.05, 0) is 37.2 Å². The fourth-order valence-electron chi connectivity index (χ4n) is 3.84. The Bertz CT molecular complexity index is 623. The number of nitrogens with one attached hydrogen (secondary N) is 1. The minimum Gasteiger partial charge on any atom is -0.465 e. The lowest BCUT2D eigenvalue weighted by molar-refractivity contribution is -0.116. The summed E-state index contributed by atoms with van der Waals surface area (Å²) in [5.74, 6) is 0.367. The Morgan fingerprint density at radius 2 is 1.81 bits per heavy atom. The van der Waals surface area contributed by atoms with Crippen molar-refractivity contribution in [2.24, 2.45) is 5.92 Å². The quantitative estimate of drug-likeness (QED) is 0.363. The third-order valence-electron chi connectivity index (χ3n) is 5.59. The van der Waals surface area contributed by atoms with E-state index in [0.717, 1.165) is 44.1 Å². The molecule has 0 aromatic carbocycles. The van der Waals surface area contributed by atoms with Gasteiger partial charge in [0.25, 0.3) is 0 Å². The van der Waals surface area contributed by atoms with Gasteiger partial charge in [-0.3, -0.25) is 4.79 Å². The number of anilines is 1. The molecule has 0 saturated carbocycles. The van der Waals surface area contributed by atoms with Gasteiger partial charge in [0.15, 0.2) is 0 Å². The van der Waals surface area contributed by atoms with Crippen molar-refractivity contribution in [2.75, 3.05) is 12.4 Å². The molecule has 1 atom stereocenters. The van der Waals surface area contributed by atoms with E-state index < -0.39 is 0 Å². The molecule has 1 aliphatic carbocycles. The number of hydrogen-bond donors (Lipinski definition) is 1. The third kappa shape index (κ3) is 6.34. The van der Waals surface area contributed by atoms with E-state index in [2.05, 4.69) is 19.2 Å². The summed E-state index contributed by atoms with van der Waals surface area (Å²) in [7, 11) is 1.41. The van der Waals surface area contributed by atoms with E-state index in [1.807, 2.05) is 0 Å². The predicted molar refractivity (Wildman–Crippen MR) is 113 cm³/mol. The number of methoxy groups -OCH3 is 1. The van der Waals surface area contributed by atoms with E-state index in [4.69, 9.17) is 4.74 Å². The van der Waals surface area contributed by atoms with Crippen molar-refractivity contribution >= 4 is 28.2 Å². The minimum atomic E-state index is -0.325. The summed E-state index contributed by atoms with van der Waals surface area (Å²) in [6, 6.07) is 0. The van der Waals surface area contributed by atoms with E-state index in [-0.39, 0.29) is 11.9 Å². The molecule has 1 aromatic rings. The van der Waals surface area contributed by atoms with Gasteiger partial charge in [-0.15, -0.1) is 11.3 Å². The van der Waals surface area contributed by atoms with Crippen molar-refractivity contribution in [3.63, 3.8) is 0 Å². The number of fused-ring (bicyclic) bond motifs is 1. The van der Waals surface area contributed by atoms with Crippen LogP contribution in [0, 0.1) is 5.92 Å². The molecule has 152 valence electrons. The van der Waals surface area contributed by atoms with Crippen LogP contribution in [0.3, 0.4) is 0 Å². The number of carbonyl (C=O) groups is 2. The molecule has 5 heteroatoms. The molecule has 27 heavy (non-hydrogen) atoms. The maximum absolute atomic E-state index is 12.4. The first-order valence-corrected chi connectivity index (χ1v) is 11.4. The van der Waals surface area contributed by atoms with Crippen LogP contribution in [0.1, 0.15) is 98.9 Å². The molecule has 0 saturated heterocycles. The van der Waals surface area contributed by atoms with Crippen molar-refractivity contribution in [3.05, 3.63) is 16.0 Å². The van der Waals surface area contributed by atoms with Crippen LogP contribution in [-0.4, -0.2) is 19.0 Å². The molecule has 2 rings (SSSR count). The van der Waals surface area contributed by atoms with Crippen molar-refractivity contribution in [2.45, 2.75) is 90.9 Å². The van der Waals surface area contributed by atoms with Crippen LogP contribution in [0.2, 0.25) is 0 Å². The summed E-state index contributed by atoms with van der Waals surface area (Å²) in [5.41, 5.74) is 1.70. The highest BCUT2D eigenvalue weighted by atomic mass is 32.1. The van der Waals surface area contributed by atoms with Crippen molar-refractivity contribution in [3.8, 4) is 0 Å². The fraction of sp³-hybridized carbons (Fsp3) is 0.727. The molecule has 1 heterocycles. The number of thiophene rings is 1. The number of unbranched alkanes of at least 4 members (excludes halogenated alkanes) is 6. The van der Waals surface area contributed by atoms with Gasteiger partial charge < -0.3 is 10.1 Å². The van der Waals surface area contributed by atoms with Crippen LogP contribution in [0.4, 0.5) is 5.00 Å². The molecule has 1 aliphatic rings. The average molecular weight is 394 g/mol. The van der Waals surface area contributed by atoms with E-state index >= 15 is 0 Å². The molecule has 0 spiro atoms. The highest BCUT2D eigenvalue weighted by molar-refractivity contribution is 7.17. The average Bonchev–Trinajstić information content (AvgIpc) is 3.03. The topological polar surface area (TPSA) is 55.4 Å². The number of ether oxygens (including phenoxy) is 1. The predicted octanol–water partition coefficient (Wildman–Crippen LogP) is 6.13. The fourth-order valence-corrected chi connectivity index (χ4v) is 5.21. The van der Waals surface area contributed by atoms with Crippen LogP contribution < -0.4 is 5.32 Å². The molecule has 1 unspecified atom stereocenters. The molecule has 0 fully saturated rings. The Hall–Kier alpha value is -1.36. The monoisotopic (exact) mass is 393 g/mol. The largest absolute Gasteiger partial charge is 0.465 e. The Morgan fingerprint density at radius 1 is 1.11 bits per heavy atom. The van der Waals surface area contributed by atoms with Crippen LogP contribution in [0.25, 0.3) is 0 Å². The Balaban J connectivity index is 1.92. The normalized spacial score (nSPS) is 16.0. The first-order valence-electron chi connectivity index (χ1n) is 10.6. The van der Waals surface area contributed by atoms with Gasteiger partial charge >= 0.3 is 5.97 Å². The highest BCUT2D eigenvalue weighted by Crippen LogP contribution is 2.40. The Morgan fingerprint density at radius 3 is 2.48 bits per heavy atom. The van der Waals surface area contributed by atoms with Gasteiger partial charge in [-0.25, -0.2) is 4.79 Å². The van der Waals surface area contributed by atoms with Crippen LogP contribution >= 0.6 is 11.3 Å². The highest BCUT2D eigenvalue weighted by Gasteiger charge is 2.29. The molecule has 0 bridgehead atoms. The summed E-state index contributed by atoms with van der Waals surface area (Å²) in [6.07, 6.45) is 13.0. The Kier molecular flexibility index (Phi) is 9.32. The van der Waals surface area contributed by atoms with Crippen LogP contribution in [-0.2, 0) is 22.4 Å². The van der Waals surface area contributed by atoms with Gasteiger partial charge in [0, 0.05) is 11.3 Å². The lowest BCUT2D eigenvalue weighted by atomic mass is 9.85. The van der Waals surface area contributed by atoms with Gasteiger partial charge in [0.2, 0.25) is 5.91 Å². The summed E-state index contributed by atoms with van der Waals surface area (Å²) < 4.78 is 5.00. The number of esters is 1. The smallest absolute Gasteiger partial charge is 0.341 e. The van der Waals surface area contributed by atoms with Gasteiger partial charge in [-0.2, -0.15) is 0 Å². The summed E-state index contributed by atoms with van der Waals surface area (Å²) >= 11 is 1.57. The zero-order valence-electron chi connectivity index (χ0n) is 17.2. The number of carbonyl (C=O) groups excluding carboxylic acids is 2. The molecule has 4 nitrogen and oxygen atoms in total. The molecular formula is C22H35NO3S.